The highest BCUT2D eigenvalue weighted by Crippen LogP contribution is 2.42. The number of nitrogens with zero attached hydrogens (tertiary/aromatic N) is 3. The number of thiazole rings is 1. The Bertz CT molecular complexity index is 2260. The van der Waals surface area contributed by atoms with E-state index in [1.165, 1.54) is 29.0 Å². The molecule has 0 spiro atoms. The molecule has 236 valence electrons. The Hall–Kier alpha value is -5.00. The highest BCUT2D eigenvalue weighted by Gasteiger charge is 2.33. The van der Waals surface area contributed by atoms with Crippen LogP contribution in [0.4, 0.5) is 5.69 Å². The fourth-order valence-corrected chi connectivity index (χ4v) is 7.61. The molecule has 2 aliphatic rings. The number of hydrogen-bond donors (Lipinski definition) is 0. The lowest BCUT2D eigenvalue weighted by molar-refractivity contribution is -0.384. The van der Waals surface area contributed by atoms with Crippen molar-refractivity contribution in [2.45, 2.75) is 25.5 Å². The van der Waals surface area contributed by atoms with Gasteiger partial charge in [-0.1, -0.05) is 47.7 Å². The van der Waals surface area contributed by atoms with Gasteiger partial charge in [0, 0.05) is 17.7 Å². The second kappa shape index (κ2) is 12.7. The number of fused-ring (bicyclic) bond motifs is 3. The van der Waals surface area contributed by atoms with Crippen molar-refractivity contribution in [2.24, 2.45) is 4.99 Å². The maximum absolute atomic E-state index is 14.2. The molecule has 9 nitrogen and oxygen atoms in total. The van der Waals surface area contributed by atoms with Crippen LogP contribution in [-0.2, 0) is 13.0 Å². The van der Waals surface area contributed by atoms with Crippen molar-refractivity contribution >= 4 is 44.7 Å². The average molecular weight is 711 g/mol. The molecular weight excluding hydrogens is 682 g/mol. The van der Waals surface area contributed by atoms with Crippen molar-refractivity contribution in [3.63, 3.8) is 0 Å². The standard InChI is InChI=1S/C36H28BrN3O6S/c1-44-30-16-11-24(19-31(30)45-2)34-27-14-10-23-5-3-4-6-26(23)33(27)38-36-39(34)35(41)32(47-36)18-22-9-15-29(28(37)17-22)46-20-21-7-12-25(13-8-21)40(42)43/h3-9,11-13,15-19,34H,10,14,20H2,1-2H3/b32-18+. The Morgan fingerprint density at radius 2 is 1.74 bits per heavy atom. The first kappa shape index (κ1) is 30.6. The molecule has 2 heterocycles. The van der Waals surface area contributed by atoms with Crippen LogP contribution in [0.5, 0.6) is 17.2 Å². The zero-order chi connectivity index (χ0) is 32.7. The Morgan fingerprint density at radius 3 is 2.49 bits per heavy atom. The summed E-state index contributed by atoms with van der Waals surface area (Å²) in [6.07, 6.45) is 3.52. The molecule has 1 unspecified atom stereocenters. The van der Waals surface area contributed by atoms with Gasteiger partial charge in [0.05, 0.1) is 39.9 Å². The summed E-state index contributed by atoms with van der Waals surface area (Å²) >= 11 is 4.97. The number of rotatable bonds is 8. The van der Waals surface area contributed by atoms with Crippen molar-refractivity contribution in [1.82, 2.24) is 4.57 Å². The van der Waals surface area contributed by atoms with Crippen LogP contribution >= 0.6 is 27.3 Å². The second-order valence-corrected chi connectivity index (χ2v) is 13.0. The van der Waals surface area contributed by atoms with E-state index in [9.17, 15) is 14.9 Å². The van der Waals surface area contributed by atoms with Crippen LogP contribution < -0.4 is 29.1 Å². The van der Waals surface area contributed by atoms with Crippen LogP contribution in [0.1, 0.15) is 40.3 Å². The SMILES string of the molecule is COc1ccc(C2C3=C(N=c4s/c(=C/c5ccc(OCc6ccc([N+](=O)[O-])cc6)c(Br)c5)c(=O)n42)c2ccccc2CC3)cc1OC. The van der Waals surface area contributed by atoms with Crippen LogP contribution in [0.3, 0.4) is 0 Å². The molecule has 7 rings (SSSR count). The number of allylic oxidation sites excluding steroid dienone is 1. The number of ether oxygens (including phenoxy) is 3. The van der Waals surface area contributed by atoms with E-state index < -0.39 is 4.92 Å². The number of aromatic nitrogens is 1. The number of benzene rings is 4. The summed E-state index contributed by atoms with van der Waals surface area (Å²) in [5, 5.41) is 10.9. The van der Waals surface area contributed by atoms with Crippen molar-refractivity contribution < 1.29 is 19.1 Å². The van der Waals surface area contributed by atoms with Crippen molar-refractivity contribution in [1.29, 1.82) is 0 Å². The van der Waals surface area contributed by atoms with E-state index in [-0.39, 0.29) is 23.9 Å². The summed E-state index contributed by atoms with van der Waals surface area (Å²) < 4.78 is 20.2. The van der Waals surface area contributed by atoms with Gasteiger partial charge in [-0.3, -0.25) is 19.5 Å². The average Bonchev–Trinajstić information content (AvgIpc) is 3.40. The quantitative estimate of drug-likeness (QED) is 0.133. The molecule has 0 radical (unpaired) electrons. The molecule has 1 aliphatic heterocycles. The molecule has 11 heteroatoms. The highest BCUT2D eigenvalue weighted by molar-refractivity contribution is 9.10. The van der Waals surface area contributed by atoms with Gasteiger partial charge < -0.3 is 14.2 Å². The zero-order valence-corrected chi connectivity index (χ0v) is 27.8. The third kappa shape index (κ3) is 5.77. The fourth-order valence-electron chi connectivity index (χ4n) is 6.10. The molecule has 1 atom stereocenters. The van der Waals surface area contributed by atoms with Crippen molar-refractivity contribution in [3.05, 3.63) is 153 Å². The van der Waals surface area contributed by atoms with Gasteiger partial charge in [0.1, 0.15) is 12.4 Å². The molecule has 1 aliphatic carbocycles. The largest absolute Gasteiger partial charge is 0.493 e. The monoisotopic (exact) mass is 709 g/mol. The fraction of sp³-hybridized carbons (Fsp3) is 0.167. The lowest BCUT2D eigenvalue weighted by Crippen LogP contribution is -2.38. The highest BCUT2D eigenvalue weighted by atomic mass is 79.9. The summed E-state index contributed by atoms with van der Waals surface area (Å²) in [5.74, 6) is 1.84. The lowest BCUT2D eigenvalue weighted by Gasteiger charge is -2.31. The van der Waals surface area contributed by atoms with Gasteiger partial charge in [0.2, 0.25) is 0 Å². The number of nitro benzene ring substituents is 1. The maximum atomic E-state index is 14.2. The molecule has 0 bridgehead atoms. The Kier molecular flexibility index (Phi) is 8.25. The minimum absolute atomic E-state index is 0.0320. The van der Waals surface area contributed by atoms with E-state index in [0.29, 0.717) is 26.6 Å². The molecule has 0 saturated heterocycles. The van der Waals surface area contributed by atoms with Gasteiger partial charge in [0.15, 0.2) is 16.3 Å². The minimum atomic E-state index is -0.430. The van der Waals surface area contributed by atoms with E-state index in [2.05, 4.69) is 34.1 Å². The van der Waals surface area contributed by atoms with Crippen LogP contribution in [0.25, 0.3) is 11.8 Å². The smallest absolute Gasteiger partial charge is 0.271 e. The van der Waals surface area contributed by atoms with Gasteiger partial charge in [-0.2, -0.15) is 0 Å². The number of aryl methyl sites for hydroxylation is 1. The van der Waals surface area contributed by atoms with E-state index in [1.807, 2.05) is 48.5 Å². The molecule has 47 heavy (non-hydrogen) atoms. The topological polar surface area (TPSA) is 105 Å². The lowest BCUT2D eigenvalue weighted by atomic mass is 9.83. The summed E-state index contributed by atoms with van der Waals surface area (Å²) in [4.78, 5) is 30.4. The van der Waals surface area contributed by atoms with E-state index in [0.717, 1.165) is 50.8 Å². The number of methoxy groups -OCH3 is 2. The number of halogens is 1. The summed E-state index contributed by atoms with van der Waals surface area (Å²) in [5.41, 5.74) is 6.85. The summed E-state index contributed by atoms with van der Waals surface area (Å²) in [6.45, 7) is 0.248. The Morgan fingerprint density at radius 1 is 0.979 bits per heavy atom. The second-order valence-electron chi connectivity index (χ2n) is 11.1. The van der Waals surface area contributed by atoms with Gasteiger partial charge in [-0.25, -0.2) is 4.99 Å². The van der Waals surface area contributed by atoms with Gasteiger partial charge in [-0.15, -0.1) is 0 Å². The number of nitro groups is 1. The van der Waals surface area contributed by atoms with Crippen LogP contribution in [0.2, 0.25) is 0 Å². The molecule has 5 aromatic rings. The first-order valence-corrected chi connectivity index (χ1v) is 16.5. The third-order valence-corrected chi connectivity index (χ3v) is 9.99. The van der Waals surface area contributed by atoms with E-state index >= 15 is 0 Å². The van der Waals surface area contributed by atoms with E-state index in [1.54, 1.807) is 30.9 Å². The van der Waals surface area contributed by atoms with Crippen LogP contribution in [-0.4, -0.2) is 23.7 Å². The van der Waals surface area contributed by atoms with Gasteiger partial charge in [0.25, 0.3) is 11.2 Å². The molecule has 0 amide bonds. The summed E-state index contributed by atoms with van der Waals surface area (Å²) in [7, 11) is 3.22. The predicted octanol–water partition coefficient (Wildman–Crippen LogP) is 6.59. The molecule has 1 aromatic heterocycles. The number of non-ortho nitro benzene ring substituents is 1. The van der Waals surface area contributed by atoms with Crippen molar-refractivity contribution in [2.75, 3.05) is 14.2 Å². The third-order valence-electron chi connectivity index (χ3n) is 8.39. The zero-order valence-electron chi connectivity index (χ0n) is 25.4. The predicted molar refractivity (Wildman–Crippen MR) is 184 cm³/mol. The van der Waals surface area contributed by atoms with Crippen LogP contribution in [0, 0.1) is 10.1 Å². The first-order valence-electron chi connectivity index (χ1n) is 14.9. The van der Waals surface area contributed by atoms with Gasteiger partial charge >= 0.3 is 0 Å². The maximum Gasteiger partial charge on any atom is 0.271 e. The molecular formula is C36H28BrN3O6S. The van der Waals surface area contributed by atoms with E-state index in [4.69, 9.17) is 19.2 Å². The normalized spacial score (nSPS) is 15.3. The van der Waals surface area contributed by atoms with Crippen LogP contribution in [0.15, 0.2) is 105 Å². The van der Waals surface area contributed by atoms with Crippen molar-refractivity contribution in [3.8, 4) is 17.2 Å². The molecule has 4 aromatic carbocycles. The van der Waals surface area contributed by atoms with Gasteiger partial charge in [-0.05, 0) is 99.1 Å². The first-order chi connectivity index (χ1) is 22.8. The molecule has 0 saturated carbocycles. The molecule has 0 N–H and O–H groups in total. The Balaban J connectivity index is 1.27. The Labute approximate surface area is 282 Å². The minimum Gasteiger partial charge on any atom is -0.493 e. The molecule has 0 fully saturated rings. The number of hydrogen-bond acceptors (Lipinski definition) is 8. The summed E-state index contributed by atoms with van der Waals surface area (Å²) in [6, 6.07) is 25.7.